The number of nitriles is 3. The van der Waals surface area contributed by atoms with Crippen LogP contribution in [0.15, 0.2) is 78.9 Å². The molecule has 0 radical (unpaired) electrons. The van der Waals surface area contributed by atoms with Crippen LogP contribution in [0.3, 0.4) is 0 Å². The Labute approximate surface area is 488 Å². The first-order valence-electron chi connectivity index (χ1n) is 31.1. The number of rotatable bonds is 32. The van der Waals surface area contributed by atoms with Gasteiger partial charge in [-0.3, -0.25) is 0 Å². The van der Waals surface area contributed by atoms with E-state index in [-0.39, 0.29) is 16.7 Å². The molecule has 8 aromatic rings. The van der Waals surface area contributed by atoms with Crippen molar-refractivity contribution in [1.29, 1.82) is 15.8 Å². The number of unbranched alkanes of at least 4 members (excludes halogenated alkanes) is 20. The number of hydrogen-bond donors (Lipinski definition) is 0. The molecule has 416 valence electrons. The number of aromatic nitrogens is 2. The largest absolute Gasteiger partial charge is 0.228 e. The molecular formula is C73H87N5S2. The molecule has 7 heteroatoms. The second-order valence-corrected chi connectivity index (χ2v) is 25.1. The fraction of sp³-hybridized carbons (Fsp3) is 0.466. The van der Waals surface area contributed by atoms with Crippen molar-refractivity contribution >= 4 is 52.2 Å². The highest BCUT2D eigenvalue weighted by Gasteiger charge is 2.23. The highest BCUT2D eigenvalue weighted by Crippen LogP contribution is 2.46. The van der Waals surface area contributed by atoms with E-state index in [4.69, 9.17) is 9.97 Å². The third-order valence-electron chi connectivity index (χ3n) is 16.6. The summed E-state index contributed by atoms with van der Waals surface area (Å²) in [6.45, 7) is 13.6. The lowest BCUT2D eigenvalue weighted by Crippen LogP contribution is -2.05. The maximum atomic E-state index is 10.8. The van der Waals surface area contributed by atoms with Crippen LogP contribution in [0.2, 0.25) is 0 Å². The Kier molecular flexibility index (Phi) is 22.9. The van der Waals surface area contributed by atoms with E-state index in [1.807, 2.05) is 22.7 Å². The zero-order valence-electron chi connectivity index (χ0n) is 49.4. The zero-order valence-corrected chi connectivity index (χ0v) is 51.0. The minimum Gasteiger partial charge on any atom is -0.228 e. The number of fused-ring (bicyclic) bond motifs is 5. The Morgan fingerprint density at radius 2 is 0.812 bits per heavy atom. The third-order valence-corrected chi connectivity index (χ3v) is 19.1. The predicted octanol–water partition coefficient (Wildman–Crippen LogP) is 22.6. The van der Waals surface area contributed by atoms with Crippen molar-refractivity contribution in [1.82, 2.24) is 9.97 Å². The normalized spacial score (nSPS) is 11.5. The molecule has 0 bridgehead atoms. The maximum Gasteiger partial charge on any atom is 0.163 e. The second-order valence-electron chi connectivity index (χ2n) is 23.0. The molecule has 3 heterocycles. The van der Waals surface area contributed by atoms with E-state index < -0.39 is 0 Å². The topological polar surface area (TPSA) is 97.1 Å². The quantitative estimate of drug-likeness (QED) is 0.0391. The Balaban J connectivity index is 1.34. The molecule has 0 amide bonds. The summed E-state index contributed by atoms with van der Waals surface area (Å²) < 4.78 is 5.47. The molecule has 0 aliphatic carbocycles. The molecule has 0 N–H and O–H groups in total. The van der Waals surface area contributed by atoms with Crippen LogP contribution in [0, 0.1) is 47.8 Å². The van der Waals surface area contributed by atoms with Crippen LogP contribution in [-0.2, 0) is 25.7 Å². The first kappa shape index (κ1) is 59.9. The Hall–Kier alpha value is -6.17. The van der Waals surface area contributed by atoms with Gasteiger partial charge in [-0.2, -0.15) is 15.8 Å². The maximum absolute atomic E-state index is 10.8. The summed E-state index contributed by atoms with van der Waals surface area (Å²) in [6, 6.07) is 36.3. The second kappa shape index (κ2) is 30.6. The van der Waals surface area contributed by atoms with Gasteiger partial charge < -0.3 is 0 Å². The van der Waals surface area contributed by atoms with Crippen molar-refractivity contribution in [3.63, 3.8) is 0 Å². The van der Waals surface area contributed by atoms with Gasteiger partial charge in [0.1, 0.15) is 0 Å². The Morgan fingerprint density at radius 1 is 0.400 bits per heavy atom. The molecule has 0 saturated heterocycles. The molecule has 0 saturated carbocycles. The average molecular weight is 1100 g/mol. The van der Waals surface area contributed by atoms with Crippen molar-refractivity contribution in [2.75, 3.05) is 0 Å². The monoisotopic (exact) mass is 1100 g/mol. The van der Waals surface area contributed by atoms with Crippen molar-refractivity contribution in [2.45, 2.75) is 221 Å². The summed E-state index contributed by atoms with van der Waals surface area (Å²) >= 11 is 3.85. The highest BCUT2D eigenvalue weighted by molar-refractivity contribution is 7.36. The molecular weight excluding hydrogens is 1010 g/mol. The fourth-order valence-corrected chi connectivity index (χ4v) is 14.8. The number of aryl methyl sites for hydroxylation is 6. The Bertz CT molecular complexity index is 3440. The number of nitrogens with zero attached hydrogens (tertiary/aromatic N) is 5. The summed E-state index contributed by atoms with van der Waals surface area (Å²) in [4.78, 5) is 11.0. The molecule has 5 aromatic carbocycles. The van der Waals surface area contributed by atoms with E-state index in [1.54, 1.807) is 12.1 Å². The summed E-state index contributed by atoms with van der Waals surface area (Å²) in [5, 5.41) is 34.4. The summed E-state index contributed by atoms with van der Waals surface area (Å²) in [5.41, 5.74) is 15.5. The molecule has 3 aromatic heterocycles. The van der Waals surface area contributed by atoms with E-state index >= 15 is 0 Å². The third kappa shape index (κ3) is 15.2. The molecule has 0 aliphatic heterocycles. The van der Waals surface area contributed by atoms with E-state index in [2.05, 4.69) is 126 Å². The number of hydrogen-bond acceptors (Lipinski definition) is 7. The standard InChI is InChI=1S/C73H87N5S2/c1-7-11-15-19-23-27-31-54-43-64(55(40-52(54)6)32-28-24-20-16-12-8-2)66-47-67(78-73(77-66)70-59(49-75)41-53(48-74)42-60(70)50-76)65-45-56(33-29-25-21-17-13-9-3)63(44-57(65)34-30-26-22-18-14-10-4)58-36-38-62-69(46-58)80-71-61-37-35-51(5)39-68(61)79-72(62)71/h35-47H,7-34H2,1-6H3. The molecule has 0 atom stereocenters. The van der Waals surface area contributed by atoms with Gasteiger partial charge in [-0.1, -0.05) is 193 Å². The van der Waals surface area contributed by atoms with Gasteiger partial charge in [0.2, 0.25) is 0 Å². The van der Waals surface area contributed by atoms with Crippen LogP contribution in [0.4, 0.5) is 0 Å². The first-order chi connectivity index (χ1) is 39.2. The minimum atomic E-state index is 0.238. The Morgan fingerprint density at radius 3 is 1.30 bits per heavy atom. The number of benzene rings is 5. The van der Waals surface area contributed by atoms with Crippen LogP contribution < -0.4 is 0 Å². The van der Waals surface area contributed by atoms with Gasteiger partial charge in [-0.25, -0.2) is 9.97 Å². The van der Waals surface area contributed by atoms with Crippen molar-refractivity contribution in [3.8, 4) is 63.2 Å². The van der Waals surface area contributed by atoms with E-state index in [0.29, 0.717) is 11.4 Å². The van der Waals surface area contributed by atoms with Crippen LogP contribution in [0.25, 0.3) is 74.6 Å². The molecule has 8 rings (SSSR count). The molecule has 0 unspecified atom stereocenters. The van der Waals surface area contributed by atoms with Gasteiger partial charge in [-0.05, 0) is 152 Å². The fourth-order valence-electron chi connectivity index (χ4n) is 12.0. The lowest BCUT2D eigenvalue weighted by atomic mass is 9.87. The SMILES string of the molecule is CCCCCCCCc1cc(-c2cc(-c3cc(CCCCCCCC)c(-c4ccc5c(c4)sc4c6ccc(C)cc6sc54)cc3CCCCCCCC)nc(-c3c(C#N)cc(C#N)cc3C#N)n2)c(CCCCCCCC)cc1C. The van der Waals surface area contributed by atoms with Crippen LogP contribution in [0.1, 0.15) is 232 Å². The van der Waals surface area contributed by atoms with Gasteiger partial charge in [0.25, 0.3) is 0 Å². The van der Waals surface area contributed by atoms with Crippen LogP contribution in [-0.4, -0.2) is 9.97 Å². The van der Waals surface area contributed by atoms with E-state index in [1.165, 1.54) is 196 Å². The lowest BCUT2D eigenvalue weighted by Gasteiger charge is -2.20. The smallest absolute Gasteiger partial charge is 0.163 e. The van der Waals surface area contributed by atoms with Gasteiger partial charge >= 0.3 is 0 Å². The summed E-state index contributed by atoms with van der Waals surface area (Å²) in [6.07, 6.45) is 33.0. The van der Waals surface area contributed by atoms with Crippen LogP contribution in [0.5, 0.6) is 0 Å². The molecule has 0 aliphatic rings. The van der Waals surface area contributed by atoms with Crippen molar-refractivity contribution in [2.24, 2.45) is 0 Å². The van der Waals surface area contributed by atoms with Crippen molar-refractivity contribution < 1.29 is 0 Å². The lowest BCUT2D eigenvalue weighted by molar-refractivity contribution is 0.605. The van der Waals surface area contributed by atoms with E-state index in [0.717, 1.165) is 80.3 Å². The predicted molar refractivity (Wildman–Crippen MR) is 344 cm³/mol. The first-order valence-corrected chi connectivity index (χ1v) is 32.8. The zero-order chi connectivity index (χ0) is 56.2. The summed E-state index contributed by atoms with van der Waals surface area (Å²) in [5.74, 6) is 0.358. The molecule has 80 heavy (non-hydrogen) atoms. The number of thiophene rings is 2. The summed E-state index contributed by atoms with van der Waals surface area (Å²) in [7, 11) is 0. The van der Waals surface area contributed by atoms with Gasteiger partial charge in [0, 0.05) is 31.3 Å². The van der Waals surface area contributed by atoms with Gasteiger partial charge in [-0.15, -0.1) is 22.7 Å². The van der Waals surface area contributed by atoms with Gasteiger partial charge in [0.05, 0.1) is 61.2 Å². The van der Waals surface area contributed by atoms with Crippen LogP contribution >= 0.6 is 22.7 Å². The van der Waals surface area contributed by atoms with Crippen molar-refractivity contribution in [3.05, 3.63) is 129 Å². The molecule has 0 fully saturated rings. The van der Waals surface area contributed by atoms with Gasteiger partial charge in [0.15, 0.2) is 5.82 Å². The minimum absolute atomic E-state index is 0.238. The van der Waals surface area contributed by atoms with E-state index in [9.17, 15) is 15.8 Å². The molecule has 0 spiro atoms. The molecule has 5 nitrogen and oxygen atoms in total. The highest BCUT2D eigenvalue weighted by atomic mass is 32.1. The average Bonchev–Trinajstić information content (AvgIpc) is 4.11.